The molecule has 352 valence electrons. The molecule has 0 heterocycles. The lowest BCUT2D eigenvalue weighted by atomic mass is 10.0. The molecule has 0 radical (unpaired) electrons. The quantitative estimate of drug-likeness (QED) is 0.0275. The van der Waals surface area contributed by atoms with Gasteiger partial charge in [0, 0.05) is 6.42 Å². The highest BCUT2D eigenvalue weighted by Crippen LogP contribution is 2.36. The predicted molar refractivity (Wildman–Crippen MR) is 255 cm³/mol. The number of carbonyl (C=O) groups excluding carboxylic acids is 1. The molecule has 0 bridgehead atoms. The summed E-state index contributed by atoms with van der Waals surface area (Å²) in [5.41, 5.74) is 0. The van der Waals surface area contributed by atoms with Gasteiger partial charge in [-0.3, -0.25) is 9.32 Å². The van der Waals surface area contributed by atoms with E-state index < -0.39 is 26.6 Å². The Morgan fingerprint density at radius 3 is 1.03 bits per heavy atom. The number of allylic oxidation sites excluding steroid dienone is 1. The highest BCUT2D eigenvalue weighted by molar-refractivity contribution is 7.46. The van der Waals surface area contributed by atoms with E-state index in [9.17, 15) is 14.5 Å². The third-order valence-electron chi connectivity index (χ3n) is 12.2. The van der Waals surface area contributed by atoms with Crippen LogP contribution in [0.5, 0.6) is 0 Å². The van der Waals surface area contributed by atoms with E-state index >= 15 is 0 Å². The molecule has 2 atom stereocenters. The van der Waals surface area contributed by atoms with Gasteiger partial charge in [0.1, 0.15) is 0 Å². The Balaban J connectivity index is 3.62. The van der Waals surface area contributed by atoms with Crippen LogP contribution in [0.4, 0.5) is 0 Å². The molecule has 1 amide bonds. The van der Waals surface area contributed by atoms with Crippen molar-refractivity contribution < 1.29 is 28.8 Å². The number of nitrogens with one attached hydrogen (secondary N) is 1. The lowest BCUT2D eigenvalue weighted by molar-refractivity contribution is -0.123. The molecule has 0 unspecified atom stereocenters. The minimum Gasteiger partial charge on any atom is -0.387 e. The van der Waals surface area contributed by atoms with Crippen LogP contribution in [-0.4, -0.2) is 39.6 Å². The van der Waals surface area contributed by atoms with E-state index in [1.165, 1.54) is 231 Å². The first-order valence-corrected chi connectivity index (χ1v) is 27.7. The first-order valence-electron chi connectivity index (χ1n) is 26.1. The lowest BCUT2D eigenvalue weighted by Gasteiger charge is -2.22. The van der Waals surface area contributed by atoms with Gasteiger partial charge < -0.3 is 20.2 Å². The van der Waals surface area contributed by atoms with Crippen LogP contribution in [-0.2, 0) is 13.9 Å². The third-order valence-corrected chi connectivity index (χ3v) is 12.7. The minimum absolute atomic E-state index is 0.221. The van der Waals surface area contributed by atoms with E-state index in [0.29, 0.717) is 6.42 Å². The summed E-state index contributed by atoms with van der Waals surface area (Å²) in [4.78, 5) is 30.9. The van der Waals surface area contributed by atoms with E-state index in [2.05, 4.69) is 23.7 Å². The fourth-order valence-electron chi connectivity index (χ4n) is 8.29. The second-order valence-corrected chi connectivity index (χ2v) is 19.4. The Labute approximate surface area is 367 Å². The zero-order valence-corrected chi connectivity index (χ0v) is 40.3. The van der Waals surface area contributed by atoms with Crippen LogP contribution in [0.1, 0.15) is 290 Å². The molecule has 59 heavy (non-hydrogen) atoms. The second kappa shape index (κ2) is 46.8. The maximum Gasteiger partial charge on any atom is 0.469 e. The Morgan fingerprint density at radius 1 is 0.475 bits per heavy atom. The average Bonchev–Trinajstić information content (AvgIpc) is 3.21. The molecule has 0 fully saturated rings. The Bertz CT molecular complexity index is 926. The number of carbonyl (C=O) groups is 1. The van der Waals surface area contributed by atoms with Crippen molar-refractivity contribution in [2.75, 3.05) is 6.61 Å². The van der Waals surface area contributed by atoms with E-state index in [4.69, 9.17) is 9.79 Å². The number of aliphatic hydroxyl groups is 1. The van der Waals surface area contributed by atoms with Gasteiger partial charge in [0.15, 0.2) is 0 Å². The van der Waals surface area contributed by atoms with Crippen molar-refractivity contribution in [2.45, 2.75) is 302 Å². The monoisotopic (exact) mass is 856 g/mol. The van der Waals surface area contributed by atoms with Gasteiger partial charge in [-0.15, -0.1) is 0 Å². The summed E-state index contributed by atoms with van der Waals surface area (Å²) in [6.45, 7) is 4.09. The minimum atomic E-state index is -4.71. The van der Waals surface area contributed by atoms with Crippen LogP contribution >= 0.6 is 7.82 Å². The van der Waals surface area contributed by atoms with Crippen molar-refractivity contribution >= 4 is 13.7 Å². The molecule has 0 spiro atoms. The van der Waals surface area contributed by atoms with Crippen LogP contribution in [0.15, 0.2) is 12.2 Å². The molecule has 0 saturated carbocycles. The average molecular weight is 856 g/mol. The fourth-order valence-corrected chi connectivity index (χ4v) is 8.64. The standard InChI is InChI=1S/C51H102NO6P/c1-3-5-7-9-11-13-15-16-17-18-19-20-21-22-23-24-25-26-27-28-29-30-31-32-33-34-35-37-39-41-43-45-47-51(54)52-49(48-58-59(55,56)57)50(53)46-44-42-40-38-36-14-12-10-8-6-4-2/h44,46,49-50,53H,3-43,45,47-48H2,1-2H3,(H,52,54)(H2,55,56,57)/b46-44+/t49-,50+/m0/s1. The largest absolute Gasteiger partial charge is 0.469 e. The maximum atomic E-state index is 12.6. The SMILES string of the molecule is CCCCCCCCCCC/C=C/[C@@H](O)[C@H](COP(=O)(O)O)NC(=O)CCCCCCCCCCCCCCCCCCCCCCCCCCCCCCCCCC. The van der Waals surface area contributed by atoms with Gasteiger partial charge in [0.25, 0.3) is 0 Å². The van der Waals surface area contributed by atoms with Crippen LogP contribution in [0, 0.1) is 0 Å². The molecule has 0 rings (SSSR count). The zero-order chi connectivity index (χ0) is 43.2. The number of phosphoric ester groups is 1. The summed E-state index contributed by atoms with van der Waals surface area (Å²) in [5.74, 6) is -0.221. The number of hydrogen-bond acceptors (Lipinski definition) is 4. The number of hydrogen-bond donors (Lipinski definition) is 4. The maximum absolute atomic E-state index is 12.6. The summed E-state index contributed by atoms with van der Waals surface area (Å²) in [7, 11) is -4.71. The summed E-state index contributed by atoms with van der Waals surface area (Å²) >= 11 is 0. The topological polar surface area (TPSA) is 116 Å². The molecule has 8 heteroatoms. The van der Waals surface area contributed by atoms with Crippen molar-refractivity contribution in [3.63, 3.8) is 0 Å². The highest BCUT2D eigenvalue weighted by Gasteiger charge is 2.24. The van der Waals surface area contributed by atoms with Crippen LogP contribution in [0.3, 0.4) is 0 Å². The zero-order valence-electron chi connectivity index (χ0n) is 39.4. The predicted octanol–water partition coefficient (Wildman–Crippen LogP) is 16.3. The van der Waals surface area contributed by atoms with Gasteiger partial charge in [0.2, 0.25) is 5.91 Å². The molecule has 0 aliphatic heterocycles. The highest BCUT2D eigenvalue weighted by atomic mass is 31.2. The van der Waals surface area contributed by atoms with Gasteiger partial charge in [-0.1, -0.05) is 276 Å². The van der Waals surface area contributed by atoms with E-state index in [1.54, 1.807) is 6.08 Å². The Morgan fingerprint density at radius 2 is 0.746 bits per heavy atom. The first kappa shape index (κ1) is 58.3. The number of unbranched alkanes of at least 4 members (excludes halogenated alkanes) is 40. The first-order chi connectivity index (χ1) is 28.8. The summed E-state index contributed by atoms with van der Waals surface area (Å²) in [6, 6.07) is -0.905. The molecule has 0 aromatic heterocycles. The number of phosphoric acid groups is 1. The normalized spacial score (nSPS) is 13.1. The second-order valence-electron chi connectivity index (χ2n) is 18.2. The van der Waals surface area contributed by atoms with Gasteiger partial charge >= 0.3 is 7.82 Å². The van der Waals surface area contributed by atoms with Crippen LogP contribution < -0.4 is 5.32 Å². The van der Waals surface area contributed by atoms with E-state index in [0.717, 1.165) is 38.5 Å². The molecule has 0 aliphatic carbocycles. The lowest BCUT2D eigenvalue weighted by Crippen LogP contribution is -2.45. The van der Waals surface area contributed by atoms with Gasteiger partial charge in [-0.05, 0) is 19.3 Å². The number of amides is 1. The van der Waals surface area contributed by atoms with Gasteiger partial charge in [-0.25, -0.2) is 4.57 Å². The van der Waals surface area contributed by atoms with Crippen molar-refractivity contribution in [3.05, 3.63) is 12.2 Å². The van der Waals surface area contributed by atoms with Crippen molar-refractivity contribution in [2.24, 2.45) is 0 Å². The molecular formula is C51H102NO6P. The molecule has 4 N–H and O–H groups in total. The molecule has 0 aromatic rings. The summed E-state index contributed by atoms with van der Waals surface area (Å²) in [6.07, 6.45) is 58.6. The van der Waals surface area contributed by atoms with E-state index in [-0.39, 0.29) is 5.91 Å². The fraction of sp³-hybridized carbons (Fsp3) is 0.941. The number of rotatable bonds is 49. The van der Waals surface area contributed by atoms with Crippen LogP contribution in [0.25, 0.3) is 0 Å². The van der Waals surface area contributed by atoms with Crippen molar-refractivity contribution in [3.8, 4) is 0 Å². The van der Waals surface area contributed by atoms with Gasteiger partial charge in [0.05, 0.1) is 18.8 Å². The smallest absolute Gasteiger partial charge is 0.387 e. The molecule has 0 aliphatic rings. The molecule has 0 aromatic carbocycles. The van der Waals surface area contributed by atoms with Crippen molar-refractivity contribution in [1.82, 2.24) is 5.32 Å². The molecule has 0 saturated heterocycles. The van der Waals surface area contributed by atoms with Crippen molar-refractivity contribution in [1.29, 1.82) is 0 Å². The molecule has 7 nitrogen and oxygen atoms in total. The number of aliphatic hydroxyl groups excluding tert-OH is 1. The Hall–Kier alpha value is -0.720. The van der Waals surface area contributed by atoms with E-state index in [1.807, 2.05) is 6.08 Å². The summed E-state index contributed by atoms with van der Waals surface area (Å²) in [5, 5.41) is 13.4. The Kier molecular flexibility index (Phi) is 46.2. The summed E-state index contributed by atoms with van der Waals surface area (Å²) < 4.78 is 15.9. The third kappa shape index (κ3) is 48.2. The van der Waals surface area contributed by atoms with Crippen LogP contribution in [0.2, 0.25) is 0 Å². The molecular weight excluding hydrogens is 754 g/mol. The van der Waals surface area contributed by atoms with Gasteiger partial charge in [-0.2, -0.15) is 0 Å².